The standard InChI is InChI=1S/C15H17ClN2.C4H4O4/c1-17-11-9-14(15-4-2-3-10-18-15)12-5-7-13(16)8-6-12;5-3(6)1-2-4(7)8/h2-8,10,14,17H,9,11H2,1H3;1-2H,(H,5,6)(H,7,8)/b;2-1+. The molecule has 138 valence electrons. The van der Waals surface area contributed by atoms with E-state index in [0.29, 0.717) is 18.1 Å². The minimum absolute atomic E-state index is 0.316. The molecule has 6 nitrogen and oxygen atoms in total. The molecule has 0 bridgehead atoms. The number of aliphatic carboxylic acids is 2. The smallest absolute Gasteiger partial charge is 0.328 e. The van der Waals surface area contributed by atoms with E-state index in [1.807, 2.05) is 37.5 Å². The van der Waals surface area contributed by atoms with Gasteiger partial charge in [-0.1, -0.05) is 29.8 Å². The summed E-state index contributed by atoms with van der Waals surface area (Å²) in [4.78, 5) is 23.6. The molecule has 2 aromatic rings. The zero-order valence-corrected chi connectivity index (χ0v) is 15.1. The van der Waals surface area contributed by atoms with Crippen LogP contribution in [0.3, 0.4) is 0 Å². The fourth-order valence-electron chi connectivity index (χ4n) is 2.19. The van der Waals surface area contributed by atoms with Crippen molar-refractivity contribution in [2.24, 2.45) is 0 Å². The summed E-state index contributed by atoms with van der Waals surface area (Å²) in [5, 5.41) is 19.6. The molecule has 0 aliphatic carbocycles. The van der Waals surface area contributed by atoms with Crippen molar-refractivity contribution in [3.05, 3.63) is 77.1 Å². The number of aromatic nitrogens is 1. The number of carbonyl (C=O) groups is 2. The van der Waals surface area contributed by atoms with Crippen LogP contribution in [0, 0.1) is 0 Å². The highest BCUT2D eigenvalue weighted by Crippen LogP contribution is 2.27. The number of nitrogens with one attached hydrogen (secondary N) is 1. The number of carboxylic acids is 2. The van der Waals surface area contributed by atoms with E-state index in [-0.39, 0.29) is 0 Å². The van der Waals surface area contributed by atoms with Gasteiger partial charge in [-0.2, -0.15) is 0 Å². The molecule has 0 aliphatic rings. The van der Waals surface area contributed by atoms with Crippen LogP contribution < -0.4 is 5.32 Å². The van der Waals surface area contributed by atoms with Gasteiger partial charge in [0.05, 0.1) is 0 Å². The van der Waals surface area contributed by atoms with Crippen molar-refractivity contribution in [1.29, 1.82) is 0 Å². The minimum atomic E-state index is -1.26. The Labute approximate surface area is 157 Å². The van der Waals surface area contributed by atoms with Crippen LogP contribution in [0.15, 0.2) is 60.8 Å². The zero-order chi connectivity index (χ0) is 19.4. The maximum atomic E-state index is 9.55. The van der Waals surface area contributed by atoms with Crippen LogP contribution in [0.1, 0.15) is 23.6 Å². The first kappa shape index (κ1) is 21.3. The molecule has 2 rings (SSSR count). The molecule has 1 aromatic carbocycles. The van der Waals surface area contributed by atoms with E-state index < -0.39 is 11.9 Å². The summed E-state index contributed by atoms with van der Waals surface area (Å²) in [6.07, 6.45) is 3.98. The van der Waals surface area contributed by atoms with Crippen LogP contribution in [0.25, 0.3) is 0 Å². The summed E-state index contributed by atoms with van der Waals surface area (Å²) in [5.41, 5.74) is 2.36. The number of nitrogens with zero attached hydrogens (tertiary/aromatic N) is 1. The lowest BCUT2D eigenvalue weighted by atomic mass is 9.92. The molecule has 0 fully saturated rings. The minimum Gasteiger partial charge on any atom is -0.478 e. The second-order valence-corrected chi connectivity index (χ2v) is 5.70. The van der Waals surface area contributed by atoms with Crippen molar-refractivity contribution < 1.29 is 19.8 Å². The number of hydrogen-bond donors (Lipinski definition) is 3. The number of hydrogen-bond acceptors (Lipinski definition) is 4. The lowest BCUT2D eigenvalue weighted by Gasteiger charge is -2.16. The van der Waals surface area contributed by atoms with Crippen molar-refractivity contribution in [2.45, 2.75) is 12.3 Å². The van der Waals surface area contributed by atoms with Crippen molar-refractivity contribution in [3.63, 3.8) is 0 Å². The first-order valence-corrected chi connectivity index (χ1v) is 8.26. The summed E-state index contributed by atoms with van der Waals surface area (Å²) >= 11 is 5.94. The van der Waals surface area contributed by atoms with Gasteiger partial charge >= 0.3 is 11.9 Å². The highest BCUT2D eigenvalue weighted by molar-refractivity contribution is 6.30. The average Bonchev–Trinajstić information content (AvgIpc) is 2.63. The molecule has 0 radical (unpaired) electrons. The van der Waals surface area contributed by atoms with Crippen LogP contribution >= 0.6 is 11.6 Å². The summed E-state index contributed by atoms with van der Waals surface area (Å²) in [6, 6.07) is 14.1. The van der Waals surface area contributed by atoms with E-state index in [0.717, 1.165) is 23.7 Å². The monoisotopic (exact) mass is 376 g/mol. The molecule has 0 saturated heterocycles. The van der Waals surface area contributed by atoms with Gasteiger partial charge in [0.2, 0.25) is 0 Å². The molecule has 0 saturated carbocycles. The Hall–Kier alpha value is -2.70. The first-order chi connectivity index (χ1) is 12.4. The first-order valence-electron chi connectivity index (χ1n) is 7.89. The molecule has 0 amide bonds. The fourth-order valence-corrected chi connectivity index (χ4v) is 2.32. The third kappa shape index (κ3) is 8.41. The molecule has 7 heteroatoms. The van der Waals surface area contributed by atoms with Gasteiger partial charge in [0.15, 0.2) is 0 Å². The van der Waals surface area contributed by atoms with Gasteiger partial charge in [0.25, 0.3) is 0 Å². The Kier molecular flexibility index (Phi) is 9.67. The van der Waals surface area contributed by atoms with Crippen LogP contribution in [-0.2, 0) is 9.59 Å². The topological polar surface area (TPSA) is 99.5 Å². The van der Waals surface area contributed by atoms with E-state index in [2.05, 4.69) is 28.5 Å². The molecule has 1 aromatic heterocycles. The van der Waals surface area contributed by atoms with Crippen molar-refractivity contribution in [2.75, 3.05) is 13.6 Å². The maximum Gasteiger partial charge on any atom is 0.328 e. The van der Waals surface area contributed by atoms with Gasteiger partial charge in [0.1, 0.15) is 0 Å². The molecule has 0 aliphatic heterocycles. The van der Waals surface area contributed by atoms with Crippen LogP contribution in [0.4, 0.5) is 0 Å². The molecule has 1 heterocycles. The molecule has 26 heavy (non-hydrogen) atoms. The van der Waals surface area contributed by atoms with E-state index >= 15 is 0 Å². The van der Waals surface area contributed by atoms with Gasteiger partial charge in [-0.05, 0) is 49.8 Å². The summed E-state index contributed by atoms with van der Waals surface area (Å²) in [7, 11) is 1.97. The van der Waals surface area contributed by atoms with E-state index in [9.17, 15) is 9.59 Å². The maximum absolute atomic E-state index is 9.55. The van der Waals surface area contributed by atoms with E-state index in [1.165, 1.54) is 5.56 Å². The predicted molar refractivity (Wildman–Crippen MR) is 100 cm³/mol. The van der Waals surface area contributed by atoms with Gasteiger partial charge in [-0.3, -0.25) is 4.98 Å². The summed E-state index contributed by atoms with van der Waals surface area (Å²) in [6.45, 7) is 0.962. The predicted octanol–water partition coefficient (Wildman–Crippen LogP) is 3.19. The van der Waals surface area contributed by atoms with E-state index in [4.69, 9.17) is 21.8 Å². The van der Waals surface area contributed by atoms with Crippen LogP contribution in [0.2, 0.25) is 5.02 Å². The third-order valence-corrected chi connectivity index (χ3v) is 3.62. The van der Waals surface area contributed by atoms with Gasteiger partial charge in [-0.15, -0.1) is 0 Å². The Bertz CT molecular complexity index is 702. The second kappa shape index (κ2) is 11.8. The number of halogens is 1. The molecule has 0 spiro atoms. The SMILES string of the molecule is CNCCC(c1ccc(Cl)cc1)c1ccccn1.O=C(O)/C=C/C(=O)O. The Balaban J connectivity index is 0.000000359. The van der Waals surface area contributed by atoms with Gasteiger partial charge in [0, 0.05) is 35.0 Å². The molecule has 1 atom stereocenters. The number of benzene rings is 1. The van der Waals surface area contributed by atoms with Crippen LogP contribution in [0.5, 0.6) is 0 Å². The van der Waals surface area contributed by atoms with Crippen molar-refractivity contribution in [1.82, 2.24) is 10.3 Å². The molecular formula is C19H21ClN2O4. The number of pyridine rings is 1. The zero-order valence-electron chi connectivity index (χ0n) is 14.3. The van der Waals surface area contributed by atoms with Crippen molar-refractivity contribution >= 4 is 23.5 Å². The summed E-state index contributed by atoms with van der Waals surface area (Å²) in [5.74, 6) is -2.20. The Morgan fingerprint density at radius 2 is 1.73 bits per heavy atom. The normalized spacial score (nSPS) is 11.5. The average molecular weight is 377 g/mol. The molecular weight excluding hydrogens is 356 g/mol. The molecule has 1 unspecified atom stereocenters. The highest BCUT2D eigenvalue weighted by atomic mass is 35.5. The lowest BCUT2D eigenvalue weighted by molar-refractivity contribution is -0.134. The third-order valence-electron chi connectivity index (χ3n) is 3.37. The lowest BCUT2D eigenvalue weighted by Crippen LogP contribution is -2.13. The highest BCUT2D eigenvalue weighted by Gasteiger charge is 2.14. The Morgan fingerprint density at radius 3 is 2.19 bits per heavy atom. The largest absolute Gasteiger partial charge is 0.478 e. The number of rotatable bonds is 7. The fraction of sp³-hybridized carbons (Fsp3) is 0.211. The van der Waals surface area contributed by atoms with Crippen LogP contribution in [-0.4, -0.2) is 40.7 Å². The number of carboxylic acid groups (broad SMARTS) is 2. The van der Waals surface area contributed by atoms with Crippen molar-refractivity contribution in [3.8, 4) is 0 Å². The summed E-state index contributed by atoms with van der Waals surface area (Å²) < 4.78 is 0. The van der Waals surface area contributed by atoms with Gasteiger partial charge < -0.3 is 15.5 Å². The quantitative estimate of drug-likeness (QED) is 0.642. The van der Waals surface area contributed by atoms with Gasteiger partial charge in [-0.25, -0.2) is 9.59 Å². The molecule has 3 N–H and O–H groups in total. The second-order valence-electron chi connectivity index (χ2n) is 5.26. The Morgan fingerprint density at radius 1 is 1.12 bits per heavy atom. The van der Waals surface area contributed by atoms with E-state index in [1.54, 1.807) is 0 Å².